The van der Waals surface area contributed by atoms with E-state index in [-0.39, 0.29) is 0 Å². The van der Waals surface area contributed by atoms with Crippen molar-refractivity contribution in [2.45, 2.75) is 0 Å². The summed E-state index contributed by atoms with van der Waals surface area (Å²) in [5.74, 6) is 0.847. The molecule has 0 spiro atoms. The molecule has 0 N–H and O–H groups in total. The van der Waals surface area contributed by atoms with E-state index in [2.05, 4.69) is 21.6 Å². The molecule has 3 rings (SSSR count). The number of benzene rings is 1. The van der Waals surface area contributed by atoms with Gasteiger partial charge in [0.1, 0.15) is 11.4 Å². The Morgan fingerprint density at radius 2 is 1.94 bits per heavy atom. The second-order valence-corrected chi connectivity index (χ2v) is 4.54. The Kier molecular flexibility index (Phi) is 2.49. The molecule has 0 bridgehead atoms. The number of ether oxygens (including phenoxy) is 1. The average Bonchev–Trinajstić information content (AvgIpc) is 2.87. The van der Waals surface area contributed by atoms with Gasteiger partial charge in [-0.1, -0.05) is 0 Å². The second-order valence-electron chi connectivity index (χ2n) is 3.63. The number of hydrogen-bond acceptors (Lipinski definition) is 4. The molecule has 0 fully saturated rings. The van der Waals surface area contributed by atoms with Gasteiger partial charge in [-0.2, -0.15) is 5.10 Å². The fourth-order valence-electron chi connectivity index (χ4n) is 1.75. The Morgan fingerprint density at radius 3 is 2.71 bits per heavy atom. The maximum Gasteiger partial charge on any atom is 0.118 e. The number of aromatic nitrogens is 2. The van der Waals surface area contributed by atoms with E-state index in [1.165, 1.54) is 4.70 Å². The molecule has 4 heteroatoms. The van der Waals surface area contributed by atoms with Crippen LogP contribution in [0.3, 0.4) is 0 Å². The summed E-state index contributed by atoms with van der Waals surface area (Å²) >= 11 is 1.68. The van der Waals surface area contributed by atoms with Gasteiger partial charge in [0.05, 0.1) is 18.0 Å². The van der Waals surface area contributed by atoms with Crippen LogP contribution in [0.15, 0.2) is 41.9 Å². The molecule has 0 atom stereocenters. The molecule has 2 aromatic heterocycles. The van der Waals surface area contributed by atoms with Crippen LogP contribution in [0.4, 0.5) is 0 Å². The van der Waals surface area contributed by atoms with Crippen LogP contribution in [0.5, 0.6) is 5.75 Å². The lowest BCUT2D eigenvalue weighted by Crippen LogP contribution is -1.87. The van der Waals surface area contributed by atoms with Crippen molar-refractivity contribution in [2.24, 2.45) is 0 Å². The van der Waals surface area contributed by atoms with Gasteiger partial charge < -0.3 is 4.74 Å². The zero-order valence-corrected chi connectivity index (χ0v) is 10.1. The third kappa shape index (κ3) is 1.76. The monoisotopic (exact) mass is 242 g/mol. The van der Waals surface area contributed by atoms with Gasteiger partial charge in [0, 0.05) is 10.9 Å². The summed E-state index contributed by atoms with van der Waals surface area (Å²) in [4.78, 5) is 0. The quantitative estimate of drug-likeness (QED) is 0.691. The Labute approximate surface area is 103 Å². The molecule has 0 aliphatic rings. The second kappa shape index (κ2) is 4.14. The van der Waals surface area contributed by atoms with Crippen molar-refractivity contribution in [1.82, 2.24) is 10.2 Å². The highest BCUT2D eigenvalue weighted by molar-refractivity contribution is 7.17. The molecule has 0 aliphatic carbocycles. The largest absolute Gasteiger partial charge is 0.497 e. The number of methoxy groups -OCH3 is 1. The standard InChI is InChI=1S/C13H10N2OS/c1-16-11-4-2-9(3-5-11)12-13-10(6-7-17-13)8-14-15-12/h2-8H,1H3. The van der Waals surface area contributed by atoms with Crippen LogP contribution >= 0.6 is 11.3 Å². The van der Waals surface area contributed by atoms with Crippen LogP contribution in [0.1, 0.15) is 0 Å². The number of hydrogen-bond donors (Lipinski definition) is 0. The Hall–Kier alpha value is -1.94. The molecule has 3 aromatic rings. The molecule has 2 heterocycles. The van der Waals surface area contributed by atoms with Crippen molar-refractivity contribution in [3.8, 4) is 17.0 Å². The van der Waals surface area contributed by atoms with Crippen LogP contribution in [0.25, 0.3) is 21.3 Å². The molecule has 1 aromatic carbocycles. The van der Waals surface area contributed by atoms with Gasteiger partial charge in [0.2, 0.25) is 0 Å². The van der Waals surface area contributed by atoms with Crippen molar-refractivity contribution in [1.29, 1.82) is 0 Å². The first-order valence-corrected chi connectivity index (χ1v) is 6.10. The smallest absolute Gasteiger partial charge is 0.118 e. The van der Waals surface area contributed by atoms with E-state index in [1.54, 1.807) is 24.6 Å². The highest BCUT2D eigenvalue weighted by Crippen LogP contribution is 2.30. The van der Waals surface area contributed by atoms with Crippen molar-refractivity contribution in [3.05, 3.63) is 41.9 Å². The minimum absolute atomic E-state index is 0.847. The molecule has 0 aliphatic heterocycles. The Morgan fingerprint density at radius 1 is 1.12 bits per heavy atom. The van der Waals surface area contributed by atoms with Gasteiger partial charge in [-0.3, -0.25) is 0 Å². The molecule has 0 saturated carbocycles. The summed E-state index contributed by atoms with van der Waals surface area (Å²) < 4.78 is 6.32. The van der Waals surface area contributed by atoms with E-state index in [0.717, 1.165) is 22.4 Å². The molecule has 0 saturated heterocycles. The fourth-order valence-corrected chi connectivity index (χ4v) is 2.62. The highest BCUT2D eigenvalue weighted by atomic mass is 32.1. The number of nitrogens with zero attached hydrogens (tertiary/aromatic N) is 2. The van der Waals surface area contributed by atoms with Crippen LogP contribution in [0, 0.1) is 0 Å². The molecule has 17 heavy (non-hydrogen) atoms. The first-order valence-electron chi connectivity index (χ1n) is 5.22. The van der Waals surface area contributed by atoms with Crippen LogP contribution in [0.2, 0.25) is 0 Å². The highest BCUT2D eigenvalue weighted by Gasteiger charge is 2.07. The van der Waals surface area contributed by atoms with Gasteiger partial charge in [0.15, 0.2) is 0 Å². The van der Waals surface area contributed by atoms with Gasteiger partial charge in [-0.15, -0.1) is 16.4 Å². The van der Waals surface area contributed by atoms with E-state index >= 15 is 0 Å². The molecule has 0 radical (unpaired) electrons. The van der Waals surface area contributed by atoms with Gasteiger partial charge in [-0.25, -0.2) is 0 Å². The summed E-state index contributed by atoms with van der Waals surface area (Å²) in [7, 11) is 1.66. The van der Waals surface area contributed by atoms with Crippen molar-refractivity contribution >= 4 is 21.4 Å². The van der Waals surface area contributed by atoms with Gasteiger partial charge in [0.25, 0.3) is 0 Å². The first-order chi connectivity index (χ1) is 8.38. The number of fused-ring (bicyclic) bond motifs is 1. The maximum absolute atomic E-state index is 5.14. The molecular weight excluding hydrogens is 232 g/mol. The lowest BCUT2D eigenvalue weighted by molar-refractivity contribution is 0.415. The summed E-state index contributed by atoms with van der Waals surface area (Å²) in [6, 6.07) is 9.93. The zero-order chi connectivity index (χ0) is 11.7. The molecule has 3 nitrogen and oxygen atoms in total. The molecule has 0 unspecified atom stereocenters. The first kappa shape index (κ1) is 10.2. The van der Waals surface area contributed by atoms with Gasteiger partial charge in [-0.05, 0) is 35.7 Å². The number of rotatable bonds is 2. The summed E-state index contributed by atoms with van der Waals surface area (Å²) in [6.45, 7) is 0. The summed E-state index contributed by atoms with van der Waals surface area (Å²) in [5, 5.41) is 11.4. The summed E-state index contributed by atoms with van der Waals surface area (Å²) in [6.07, 6.45) is 1.79. The molecule has 0 amide bonds. The maximum atomic E-state index is 5.14. The van der Waals surface area contributed by atoms with E-state index in [1.807, 2.05) is 24.3 Å². The van der Waals surface area contributed by atoms with Crippen LogP contribution in [-0.2, 0) is 0 Å². The lowest BCUT2D eigenvalue weighted by Gasteiger charge is -2.03. The third-order valence-electron chi connectivity index (χ3n) is 2.63. The predicted octanol–water partition coefficient (Wildman–Crippen LogP) is 3.37. The predicted molar refractivity (Wildman–Crippen MR) is 69.4 cm³/mol. The van der Waals surface area contributed by atoms with Crippen molar-refractivity contribution in [2.75, 3.05) is 7.11 Å². The molecular formula is C13H10N2OS. The van der Waals surface area contributed by atoms with E-state index in [4.69, 9.17) is 4.74 Å². The van der Waals surface area contributed by atoms with E-state index in [9.17, 15) is 0 Å². The SMILES string of the molecule is COc1ccc(-c2nncc3ccsc23)cc1. The van der Waals surface area contributed by atoms with E-state index < -0.39 is 0 Å². The normalized spacial score (nSPS) is 10.6. The Bertz CT molecular complexity index is 646. The number of thiophene rings is 1. The fraction of sp³-hybridized carbons (Fsp3) is 0.0769. The zero-order valence-electron chi connectivity index (χ0n) is 9.25. The van der Waals surface area contributed by atoms with Crippen molar-refractivity contribution in [3.63, 3.8) is 0 Å². The van der Waals surface area contributed by atoms with Crippen molar-refractivity contribution < 1.29 is 4.74 Å². The lowest BCUT2D eigenvalue weighted by atomic mass is 10.1. The molecule has 84 valence electrons. The average molecular weight is 242 g/mol. The minimum atomic E-state index is 0.847. The minimum Gasteiger partial charge on any atom is -0.497 e. The topological polar surface area (TPSA) is 35.0 Å². The van der Waals surface area contributed by atoms with Crippen LogP contribution in [-0.4, -0.2) is 17.3 Å². The summed E-state index contributed by atoms with van der Waals surface area (Å²) in [5.41, 5.74) is 1.99. The van der Waals surface area contributed by atoms with E-state index in [0.29, 0.717) is 0 Å². The Balaban J connectivity index is 2.16. The van der Waals surface area contributed by atoms with Gasteiger partial charge >= 0.3 is 0 Å². The third-order valence-corrected chi connectivity index (χ3v) is 3.57. The van der Waals surface area contributed by atoms with Crippen LogP contribution < -0.4 is 4.74 Å².